The van der Waals surface area contributed by atoms with Crippen molar-refractivity contribution in [1.29, 1.82) is 0 Å². The maximum absolute atomic E-state index is 12.6. The van der Waals surface area contributed by atoms with Crippen molar-refractivity contribution in [2.45, 2.75) is 45.6 Å². The Bertz CT molecular complexity index is 782. The monoisotopic (exact) mass is 394 g/mol. The van der Waals surface area contributed by atoms with Gasteiger partial charge in [-0.1, -0.05) is 43.2 Å². The van der Waals surface area contributed by atoms with E-state index < -0.39 is 0 Å². The minimum Gasteiger partial charge on any atom is -0.489 e. The Morgan fingerprint density at radius 1 is 0.931 bits per heavy atom. The molecule has 0 atom stereocenters. The molecular formula is C24H30N2O3. The van der Waals surface area contributed by atoms with Crippen LogP contribution < -0.4 is 9.64 Å². The molecule has 0 saturated carbocycles. The van der Waals surface area contributed by atoms with E-state index in [1.54, 1.807) is 4.90 Å². The van der Waals surface area contributed by atoms with Crippen molar-refractivity contribution in [2.75, 3.05) is 24.5 Å². The van der Waals surface area contributed by atoms with Crippen LogP contribution in [0.4, 0.5) is 5.69 Å². The maximum atomic E-state index is 12.6. The molecule has 2 aromatic carbocycles. The fourth-order valence-electron chi connectivity index (χ4n) is 3.62. The SMILES string of the molecule is CC(=O)N(CCC(=O)N1CCCCCC1)c1ccc(OCc2ccccc2)cc1. The average molecular weight is 395 g/mol. The minimum absolute atomic E-state index is 0.0633. The Kier molecular flexibility index (Phi) is 7.68. The summed E-state index contributed by atoms with van der Waals surface area (Å²) in [5.74, 6) is 0.828. The van der Waals surface area contributed by atoms with Crippen LogP contribution in [0.15, 0.2) is 54.6 Å². The van der Waals surface area contributed by atoms with Gasteiger partial charge in [-0.15, -0.1) is 0 Å². The van der Waals surface area contributed by atoms with Gasteiger partial charge < -0.3 is 14.5 Å². The highest BCUT2D eigenvalue weighted by atomic mass is 16.5. The zero-order valence-electron chi connectivity index (χ0n) is 17.2. The topological polar surface area (TPSA) is 49.9 Å². The third-order valence-corrected chi connectivity index (χ3v) is 5.28. The molecule has 1 fully saturated rings. The number of hydrogen-bond acceptors (Lipinski definition) is 3. The van der Waals surface area contributed by atoms with Crippen LogP contribution in [0, 0.1) is 0 Å². The number of amides is 2. The lowest BCUT2D eigenvalue weighted by molar-refractivity contribution is -0.131. The summed E-state index contributed by atoms with van der Waals surface area (Å²) in [5, 5.41) is 0. The molecule has 2 aromatic rings. The fraction of sp³-hybridized carbons (Fsp3) is 0.417. The van der Waals surface area contributed by atoms with Crippen molar-refractivity contribution in [2.24, 2.45) is 0 Å². The number of carbonyl (C=O) groups excluding carboxylic acids is 2. The number of nitrogens with zero attached hydrogens (tertiary/aromatic N) is 2. The van der Waals surface area contributed by atoms with Gasteiger partial charge in [0.15, 0.2) is 0 Å². The zero-order valence-corrected chi connectivity index (χ0v) is 17.2. The second kappa shape index (κ2) is 10.6. The maximum Gasteiger partial charge on any atom is 0.224 e. The van der Waals surface area contributed by atoms with Crippen molar-refractivity contribution < 1.29 is 14.3 Å². The van der Waals surface area contributed by atoms with Gasteiger partial charge in [0, 0.05) is 38.7 Å². The van der Waals surface area contributed by atoms with Gasteiger partial charge in [-0.2, -0.15) is 0 Å². The first-order chi connectivity index (χ1) is 14.1. The van der Waals surface area contributed by atoms with Gasteiger partial charge in [0.1, 0.15) is 12.4 Å². The molecule has 1 aliphatic heterocycles. The van der Waals surface area contributed by atoms with Gasteiger partial charge in [-0.3, -0.25) is 9.59 Å². The summed E-state index contributed by atoms with van der Waals surface area (Å²) >= 11 is 0. The number of rotatable bonds is 7. The molecule has 5 heteroatoms. The standard InChI is InChI=1S/C24H30N2O3/c1-20(27)26(18-15-24(28)25-16-7-2-3-8-17-25)22-11-13-23(14-12-22)29-19-21-9-5-4-6-10-21/h4-6,9-14H,2-3,7-8,15-19H2,1H3. The van der Waals surface area contributed by atoms with Crippen LogP contribution in [-0.2, 0) is 16.2 Å². The second-order valence-electron chi connectivity index (χ2n) is 7.48. The molecule has 0 aromatic heterocycles. The third-order valence-electron chi connectivity index (χ3n) is 5.28. The Balaban J connectivity index is 1.55. The summed E-state index contributed by atoms with van der Waals surface area (Å²) < 4.78 is 5.81. The lowest BCUT2D eigenvalue weighted by Crippen LogP contribution is -2.36. The van der Waals surface area contributed by atoms with Crippen molar-refractivity contribution in [3.05, 3.63) is 60.2 Å². The third kappa shape index (κ3) is 6.34. The number of hydrogen-bond donors (Lipinski definition) is 0. The normalized spacial score (nSPS) is 14.2. The molecule has 3 rings (SSSR count). The number of carbonyl (C=O) groups is 2. The van der Waals surface area contributed by atoms with Crippen molar-refractivity contribution in [3.63, 3.8) is 0 Å². The Morgan fingerprint density at radius 3 is 2.21 bits per heavy atom. The van der Waals surface area contributed by atoms with Crippen LogP contribution in [0.2, 0.25) is 0 Å². The number of benzene rings is 2. The molecule has 154 valence electrons. The lowest BCUT2D eigenvalue weighted by atomic mass is 10.2. The second-order valence-corrected chi connectivity index (χ2v) is 7.48. The predicted molar refractivity (Wildman–Crippen MR) is 115 cm³/mol. The summed E-state index contributed by atoms with van der Waals surface area (Å²) in [4.78, 5) is 28.3. The summed E-state index contributed by atoms with van der Waals surface area (Å²) in [6.45, 7) is 4.12. The average Bonchev–Trinajstić information content (AvgIpc) is 3.03. The Morgan fingerprint density at radius 2 is 1.59 bits per heavy atom. The van der Waals surface area contributed by atoms with Crippen LogP contribution in [-0.4, -0.2) is 36.3 Å². The Hall–Kier alpha value is -2.82. The summed E-state index contributed by atoms with van der Waals surface area (Å²) in [5.41, 5.74) is 1.89. The van der Waals surface area contributed by atoms with Gasteiger partial charge in [0.05, 0.1) is 0 Å². The lowest BCUT2D eigenvalue weighted by Gasteiger charge is -2.24. The molecule has 29 heavy (non-hydrogen) atoms. The molecule has 1 heterocycles. The summed E-state index contributed by atoms with van der Waals surface area (Å²) in [6.07, 6.45) is 4.90. The van der Waals surface area contributed by atoms with E-state index in [2.05, 4.69) is 0 Å². The smallest absolute Gasteiger partial charge is 0.224 e. The predicted octanol–water partition coefficient (Wildman–Crippen LogP) is 4.41. The van der Waals surface area contributed by atoms with Gasteiger partial charge in [0.25, 0.3) is 0 Å². The molecule has 0 bridgehead atoms. The van der Waals surface area contributed by atoms with Gasteiger partial charge in [-0.05, 0) is 42.7 Å². The molecule has 2 amide bonds. The molecule has 0 radical (unpaired) electrons. The van der Waals surface area contributed by atoms with Crippen LogP contribution in [0.3, 0.4) is 0 Å². The quantitative estimate of drug-likeness (QED) is 0.699. The molecule has 0 N–H and O–H groups in total. The van der Waals surface area contributed by atoms with E-state index in [0.29, 0.717) is 19.6 Å². The van der Waals surface area contributed by atoms with E-state index in [9.17, 15) is 9.59 Å². The number of likely N-dealkylation sites (tertiary alicyclic amines) is 1. The van der Waals surface area contributed by atoms with E-state index in [-0.39, 0.29) is 11.8 Å². The first kappa shape index (κ1) is 20.9. The van der Waals surface area contributed by atoms with Crippen molar-refractivity contribution >= 4 is 17.5 Å². The molecule has 0 aliphatic carbocycles. The van der Waals surface area contributed by atoms with E-state index in [0.717, 1.165) is 42.9 Å². The van der Waals surface area contributed by atoms with Crippen molar-refractivity contribution in [3.8, 4) is 5.75 Å². The molecule has 0 unspecified atom stereocenters. The van der Waals surface area contributed by atoms with Crippen LogP contribution in [0.1, 0.15) is 44.6 Å². The van der Waals surface area contributed by atoms with Crippen LogP contribution in [0.5, 0.6) is 5.75 Å². The highest BCUT2D eigenvalue weighted by Gasteiger charge is 2.18. The van der Waals surface area contributed by atoms with Gasteiger partial charge in [-0.25, -0.2) is 0 Å². The Labute approximate surface area is 173 Å². The summed E-state index contributed by atoms with van der Waals surface area (Å²) in [6, 6.07) is 17.5. The highest BCUT2D eigenvalue weighted by molar-refractivity contribution is 5.92. The van der Waals surface area contributed by atoms with Crippen LogP contribution >= 0.6 is 0 Å². The minimum atomic E-state index is -0.0633. The largest absolute Gasteiger partial charge is 0.489 e. The number of ether oxygens (including phenoxy) is 1. The van der Waals surface area contributed by atoms with Crippen LogP contribution in [0.25, 0.3) is 0 Å². The van der Waals surface area contributed by atoms with E-state index in [1.807, 2.05) is 59.5 Å². The molecule has 5 nitrogen and oxygen atoms in total. The van der Waals surface area contributed by atoms with Gasteiger partial charge in [0.2, 0.25) is 11.8 Å². The molecule has 0 spiro atoms. The van der Waals surface area contributed by atoms with Gasteiger partial charge >= 0.3 is 0 Å². The fourth-order valence-corrected chi connectivity index (χ4v) is 3.62. The van der Waals surface area contributed by atoms with E-state index in [1.165, 1.54) is 19.8 Å². The van der Waals surface area contributed by atoms with E-state index in [4.69, 9.17) is 4.74 Å². The highest BCUT2D eigenvalue weighted by Crippen LogP contribution is 2.21. The molecular weight excluding hydrogens is 364 g/mol. The van der Waals surface area contributed by atoms with E-state index >= 15 is 0 Å². The summed E-state index contributed by atoms with van der Waals surface area (Å²) in [7, 11) is 0. The zero-order chi connectivity index (χ0) is 20.5. The first-order valence-electron chi connectivity index (χ1n) is 10.5. The van der Waals surface area contributed by atoms with Crippen molar-refractivity contribution in [1.82, 2.24) is 4.90 Å². The number of anilines is 1. The molecule has 1 saturated heterocycles. The molecule has 1 aliphatic rings. The first-order valence-corrected chi connectivity index (χ1v) is 10.5.